The smallest absolute Gasteiger partial charge is 0.129 e. The molecule has 0 aliphatic carbocycles. The molecule has 0 radical (unpaired) electrons. The summed E-state index contributed by atoms with van der Waals surface area (Å²) in [6.45, 7) is 7.74. The lowest BCUT2D eigenvalue weighted by Gasteiger charge is -2.43. The predicted molar refractivity (Wildman–Crippen MR) is 100 cm³/mol. The van der Waals surface area contributed by atoms with Gasteiger partial charge in [0, 0.05) is 39.0 Å². The third kappa shape index (κ3) is 2.53. The maximum Gasteiger partial charge on any atom is 0.129 e. The van der Waals surface area contributed by atoms with Gasteiger partial charge in [0.15, 0.2) is 0 Å². The second-order valence-electron chi connectivity index (χ2n) is 7.73. The van der Waals surface area contributed by atoms with Crippen molar-refractivity contribution in [3.05, 3.63) is 47.5 Å². The molecule has 3 unspecified atom stereocenters. The van der Waals surface area contributed by atoms with E-state index in [9.17, 15) is 0 Å². The van der Waals surface area contributed by atoms with Crippen LogP contribution in [0.4, 0.5) is 5.69 Å². The van der Waals surface area contributed by atoms with Crippen LogP contribution in [0.5, 0.6) is 0 Å². The van der Waals surface area contributed by atoms with Gasteiger partial charge in [0.05, 0.1) is 12.1 Å². The highest BCUT2D eigenvalue weighted by Crippen LogP contribution is 2.49. The Kier molecular flexibility index (Phi) is 3.87. The standard InChI is InChI=1S/C20H27N3O.2H2/c1-4-20(2,3)13-7-8-16-15(12-13)18-14(6-5-11-24-18)17(23-16)19-21-9-10-22-19;;/h7-10,12,14,17-18,23H,4-6,11H2,1-3H3,(H,21,22);2*1H. The van der Waals surface area contributed by atoms with Gasteiger partial charge in [-0.25, -0.2) is 4.98 Å². The average molecular weight is 329 g/mol. The van der Waals surface area contributed by atoms with Crippen molar-refractivity contribution in [3.63, 3.8) is 0 Å². The van der Waals surface area contributed by atoms with Crippen LogP contribution in [0.15, 0.2) is 30.6 Å². The van der Waals surface area contributed by atoms with Crippen LogP contribution >= 0.6 is 0 Å². The summed E-state index contributed by atoms with van der Waals surface area (Å²) in [6.07, 6.45) is 7.32. The van der Waals surface area contributed by atoms with E-state index in [4.69, 9.17) is 4.74 Å². The van der Waals surface area contributed by atoms with Crippen LogP contribution in [0.1, 0.15) is 72.0 Å². The quantitative estimate of drug-likeness (QED) is 0.811. The molecule has 0 saturated carbocycles. The first-order chi connectivity index (χ1) is 11.6. The highest BCUT2D eigenvalue weighted by molar-refractivity contribution is 5.58. The number of benzene rings is 1. The number of hydrogen-bond acceptors (Lipinski definition) is 3. The Morgan fingerprint density at radius 3 is 3.00 bits per heavy atom. The molecule has 3 heterocycles. The van der Waals surface area contributed by atoms with Crippen LogP contribution < -0.4 is 5.32 Å². The highest BCUT2D eigenvalue weighted by atomic mass is 16.5. The van der Waals surface area contributed by atoms with Crippen LogP contribution in [-0.2, 0) is 10.2 Å². The summed E-state index contributed by atoms with van der Waals surface area (Å²) in [6, 6.07) is 7.06. The minimum Gasteiger partial charge on any atom is -0.375 e. The molecule has 3 atom stereocenters. The summed E-state index contributed by atoms with van der Waals surface area (Å²) in [4.78, 5) is 7.79. The average Bonchev–Trinajstić information content (AvgIpc) is 3.15. The monoisotopic (exact) mass is 329 g/mol. The molecule has 1 fully saturated rings. The maximum absolute atomic E-state index is 6.26. The summed E-state index contributed by atoms with van der Waals surface area (Å²) in [5.74, 6) is 1.44. The number of imidazole rings is 1. The fraction of sp³-hybridized carbons (Fsp3) is 0.550. The minimum absolute atomic E-state index is 0. The second-order valence-corrected chi connectivity index (χ2v) is 7.73. The van der Waals surface area contributed by atoms with E-state index in [0.29, 0.717) is 5.92 Å². The van der Waals surface area contributed by atoms with E-state index in [2.05, 4.69) is 54.3 Å². The lowest BCUT2D eigenvalue weighted by atomic mass is 9.76. The van der Waals surface area contributed by atoms with Gasteiger partial charge < -0.3 is 15.0 Å². The van der Waals surface area contributed by atoms with Gasteiger partial charge in [-0.15, -0.1) is 0 Å². The van der Waals surface area contributed by atoms with Gasteiger partial charge in [0.25, 0.3) is 0 Å². The molecule has 2 aliphatic heterocycles. The normalized spacial score (nSPS) is 26.4. The Labute approximate surface area is 147 Å². The van der Waals surface area contributed by atoms with E-state index >= 15 is 0 Å². The molecule has 1 aromatic carbocycles. The number of aromatic nitrogens is 2. The first-order valence-electron chi connectivity index (χ1n) is 9.12. The molecule has 1 aromatic heterocycles. The Balaban J connectivity index is 0.00000121. The molecule has 4 heteroatoms. The van der Waals surface area contributed by atoms with E-state index in [1.807, 2.05) is 12.4 Å². The molecule has 24 heavy (non-hydrogen) atoms. The SMILES string of the molecule is CCC(C)(C)c1ccc2c(c1)C1OCCCC1C(c1ncc[nH]1)N2.[HH].[HH]. The molecule has 0 amide bonds. The number of nitrogens with one attached hydrogen (secondary N) is 2. The van der Waals surface area contributed by atoms with Crippen LogP contribution in [0.25, 0.3) is 0 Å². The van der Waals surface area contributed by atoms with Crippen molar-refractivity contribution in [2.24, 2.45) is 5.92 Å². The lowest BCUT2D eigenvalue weighted by molar-refractivity contribution is -0.0389. The lowest BCUT2D eigenvalue weighted by Crippen LogP contribution is -2.36. The van der Waals surface area contributed by atoms with Gasteiger partial charge in [-0.3, -0.25) is 0 Å². The Morgan fingerprint density at radius 1 is 1.38 bits per heavy atom. The van der Waals surface area contributed by atoms with Crippen molar-refractivity contribution < 1.29 is 7.59 Å². The second kappa shape index (κ2) is 5.92. The Hall–Kier alpha value is -1.81. The van der Waals surface area contributed by atoms with Crippen molar-refractivity contribution in [1.29, 1.82) is 0 Å². The molecule has 4 nitrogen and oxygen atoms in total. The Morgan fingerprint density at radius 2 is 2.25 bits per heavy atom. The molecule has 0 spiro atoms. The summed E-state index contributed by atoms with van der Waals surface area (Å²) in [7, 11) is 0. The minimum atomic E-state index is 0. The van der Waals surface area contributed by atoms with Crippen LogP contribution in [0, 0.1) is 5.92 Å². The van der Waals surface area contributed by atoms with E-state index in [1.165, 1.54) is 23.2 Å². The topological polar surface area (TPSA) is 49.9 Å². The highest BCUT2D eigenvalue weighted by Gasteiger charge is 2.41. The zero-order valence-corrected chi connectivity index (χ0v) is 14.8. The molecule has 2 aromatic rings. The molecule has 2 N–H and O–H groups in total. The summed E-state index contributed by atoms with van der Waals surface area (Å²) in [5.41, 5.74) is 4.10. The van der Waals surface area contributed by atoms with Gasteiger partial charge >= 0.3 is 0 Å². The van der Waals surface area contributed by atoms with Gasteiger partial charge in [0.1, 0.15) is 5.82 Å². The zero-order valence-electron chi connectivity index (χ0n) is 14.8. The molecule has 1 saturated heterocycles. The molecule has 0 bridgehead atoms. The van der Waals surface area contributed by atoms with Crippen LogP contribution in [-0.4, -0.2) is 16.6 Å². The Bertz CT molecular complexity index is 718. The van der Waals surface area contributed by atoms with E-state index in [0.717, 1.165) is 25.3 Å². The van der Waals surface area contributed by atoms with Gasteiger partial charge in [-0.1, -0.05) is 32.9 Å². The van der Waals surface area contributed by atoms with Crippen LogP contribution in [0.3, 0.4) is 0 Å². The largest absolute Gasteiger partial charge is 0.375 e. The number of rotatable bonds is 3. The van der Waals surface area contributed by atoms with E-state index in [1.54, 1.807) is 0 Å². The van der Waals surface area contributed by atoms with Crippen molar-refractivity contribution in [2.45, 2.75) is 57.6 Å². The summed E-state index contributed by atoms with van der Waals surface area (Å²) >= 11 is 0. The molecule has 132 valence electrons. The number of hydrogen-bond donors (Lipinski definition) is 2. The first kappa shape index (κ1) is 15.7. The van der Waals surface area contributed by atoms with Crippen molar-refractivity contribution in [1.82, 2.24) is 9.97 Å². The number of fused-ring (bicyclic) bond motifs is 3. The molecule has 4 rings (SSSR count). The fourth-order valence-electron chi connectivity index (χ4n) is 4.01. The molecular formula is C20H31N3O. The number of nitrogens with zero attached hydrogens (tertiary/aromatic N) is 1. The number of ether oxygens (including phenoxy) is 1. The maximum atomic E-state index is 6.26. The zero-order chi connectivity index (χ0) is 16.7. The molecule has 2 aliphatic rings. The van der Waals surface area contributed by atoms with E-state index in [-0.39, 0.29) is 20.4 Å². The van der Waals surface area contributed by atoms with Crippen molar-refractivity contribution in [2.75, 3.05) is 11.9 Å². The number of aromatic amines is 1. The molecular weight excluding hydrogens is 298 g/mol. The third-order valence-corrected chi connectivity index (χ3v) is 5.94. The number of H-pyrrole nitrogens is 1. The van der Waals surface area contributed by atoms with Gasteiger partial charge in [0.2, 0.25) is 0 Å². The predicted octanol–water partition coefficient (Wildman–Crippen LogP) is 5.22. The third-order valence-electron chi connectivity index (χ3n) is 5.94. The fourth-order valence-corrected chi connectivity index (χ4v) is 4.01. The van der Waals surface area contributed by atoms with Crippen LogP contribution in [0.2, 0.25) is 0 Å². The number of anilines is 1. The van der Waals surface area contributed by atoms with Gasteiger partial charge in [-0.2, -0.15) is 0 Å². The van der Waals surface area contributed by atoms with E-state index < -0.39 is 0 Å². The summed E-state index contributed by atoms with van der Waals surface area (Å²) < 4.78 is 6.26. The summed E-state index contributed by atoms with van der Waals surface area (Å²) in [5, 5.41) is 3.72. The first-order valence-corrected chi connectivity index (χ1v) is 9.12. The van der Waals surface area contributed by atoms with Crippen molar-refractivity contribution >= 4 is 5.69 Å². The van der Waals surface area contributed by atoms with Crippen molar-refractivity contribution in [3.8, 4) is 0 Å². The van der Waals surface area contributed by atoms with Gasteiger partial charge in [-0.05, 0) is 36.3 Å².